The van der Waals surface area contributed by atoms with E-state index in [9.17, 15) is 35.1 Å². The van der Waals surface area contributed by atoms with E-state index in [1.807, 2.05) is 27.7 Å². The number of phenolic OH excluding ortho intramolecular Hbond substituents is 3. The Balaban J connectivity index is 1.95. The second kappa shape index (κ2) is 15.5. The maximum absolute atomic E-state index is 14.2. The zero-order valence-electron chi connectivity index (χ0n) is 31.0. The SMILES string of the molecule is CCN=Cc1c2c(O)c3c(O)c(C)c4c(c3c1O)C(=O)[C@@](C)(O/C=C/[C@H](OC)[C@@H](C)[C@@H](C)[C@H](C)[C@H](O)[C@H](C)[C@@H](O)[C@@H](C)/C=C/C=C(/C)C(=O)N2)O4. The number of carbonyl (C=O) groups is 2. The molecule has 278 valence electrons. The molecule has 0 spiro atoms. The first-order chi connectivity index (χ1) is 23.9. The summed E-state index contributed by atoms with van der Waals surface area (Å²) in [5, 5.41) is 59.4. The van der Waals surface area contributed by atoms with E-state index in [4.69, 9.17) is 14.2 Å². The molecule has 9 atom stereocenters. The molecule has 3 heterocycles. The van der Waals surface area contributed by atoms with Crippen LogP contribution in [-0.4, -0.2) is 81.2 Å². The molecule has 0 saturated carbocycles. The van der Waals surface area contributed by atoms with Gasteiger partial charge in [-0.05, 0) is 44.6 Å². The molecule has 0 fully saturated rings. The average Bonchev–Trinajstić information content (AvgIpc) is 3.37. The van der Waals surface area contributed by atoms with Gasteiger partial charge in [-0.25, -0.2) is 0 Å². The van der Waals surface area contributed by atoms with Crippen molar-refractivity contribution in [1.29, 1.82) is 0 Å². The van der Waals surface area contributed by atoms with Crippen LogP contribution in [0.15, 0.2) is 41.1 Å². The summed E-state index contributed by atoms with van der Waals surface area (Å²) >= 11 is 0. The van der Waals surface area contributed by atoms with Crippen LogP contribution >= 0.6 is 0 Å². The zero-order valence-corrected chi connectivity index (χ0v) is 31.0. The quantitative estimate of drug-likeness (QED) is 0.127. The smallest absolute Gasteiger partial charge is 0.312 e. The number of benzene rings is 2. The van der Waals surface area contributed by atoms with E-state index in [-0.39, 0.29) is 68.1 Å². The molecule has 3 aliphatic rings. The predicted octanol–water partition coefficient (Wildman–Crippen LogP) is 5.90. The summed E-state index contributed by atoms with van der Waals surface area (Å²) in [6.45, 7) is 16.0. The second-order valence-corrected chi connectivity index (χ2v) is 14.0. The lowest BCUT2D eigenvalue weighted by molar-refractivity contribution is -0.112. The van der Waals surface area contributed by atoms with Crippen LogP contribution in [0.1, 0.15) is 76.9 Å². The van der Waals surface area contributed by atoms with E-state index < -0.39 is 59.0 Å². The Hall–Kier alpha value is -4.39. The molecule has 2 aromatic carbocycles. The highest BCUT2D eigenvalue weighted by molar-refractivity contribution is 6.23. The number of carbonyl (C=O) groups excluding carboxylic acids is 2. The van der Waals surface area contributed by atoms with Gasteiger partial charge in [-0.15, -0.1) is 0 Å². The standard InChI is InChI=1S/C39H52N2O10/c1-11-40-17-25-30-35(46)28-27(34(25)45)29-36(24(8)33(28)44)51-39(9,37(29)47)50-16-15-26(49-10)21(5)20(4)22(6)32(43)23(7)31(42)18(2)13-12-14-19(3)38(48)41-30/h12-18,20-23,26,31-32,42-46H,11H2,1-10H3,(H,41,48)/b13-12+,16-15+,19-14-,40-17?/t18-,20+,21-,22-,23+,26-,31-,32-,39-/m0/s1. The van der Waals surface area contributed by atoms with Crippen LogP contribution in [0.4, 0.5) is 5.69 Å². The fourth-order valence-electron chi connectivity index (χ4n) is 6.88. The Morgan fingerprint density at radius 1 is 0.922 bits per heavy atom. The number of allylic oxidation sites excluding steroid dienone is 2. The first-order valence-electron chi connectivity index (χ1n) is 17.3. The average molecular weight is 709 g/mol. The Bertz CT molecular complexity index is 1800. The largest absolute Gasteiger partial charge is 0.507 e. The van der Waals surface area contributed by atoms with Gasteiger partial charge < -0.3 is 45.1 Å². The van der Waals surface area contributed by atoms with Gasteiger partial charge in [0, 0.05) is 55.2 Å². The molecule has 12 nitrogen and oxygen atoms in total. The van der Waals surface area contributed by atoms with Gasteiger partial charge in [-0.1, -0.05) is 52.8 Å². The van der Waals surface area contributed by atoms with Gasteiger partial charge in [-0.2, -0.15) is 0 Å². The molecule has 1 amide bonds. The van der Waals surface area contributed by atoms with E-state index >= 15 is 0 Å². The minimum Gasteiger partial charge on any atom is -0.507 e. The van der Waals surface area contributed by atoms with Gasteiger partial charge in [0.25, 0.3) is 11.7 Å². The number of nitrogens with one attached hydrogen (secondary N) is 1. The molecule has 0 unspecified atom stereocenters. The fraction of sp³-hybridized carbons (Fsp3) is 0.513. The van der Waals surface area contributed by atoms with Crippen LogP contribution in [0, 0.1) is 36.5 Å². The minimum atomic E-state index is -1.93. The monoisotopic (exact) mass is 708 g/mol. The summed E-state index contributed by atoms with van der Waals surface area (Å²) < 4.78 is 17.8. The molecular formula is C39H52N2O10. The molecule has 0 aliphatic carbocycles. The molecule has 51 heavy (non-hydrogen) atoms. The number of aliphatic imine (C=N–C) groups is 1. The molecule has 2 aromatic rings. The maximum Gasteiger partial charge on any atom is 0.312 e. The minimum absolute atomic E-state index is 0.0412. The summed E-state index contributed by atoms with van der Waals surface area (Å²) in [6, 6.07) is 0. The van der Waals surface area contributed by atoms with Crippen LogP contribution < -0.4 is 10.1 Å². The van der Waals surface area contributed by atoms with Crippen molar-refractivity contribution in [2.45, 2.75) is 86.4 Å². The summed E-state index contributed by atoms with van der Waals surface area (Å²) in [5.74, 6) is -6.23. The normalized spacial score (nSPS) is 33.1. The predicted molar refractivity (Wildman–Crippen MR) is 196 cm³/mol. The Kier molecular flexibility index (Phi) is 11.9. The summed E-state index contributed by atoms with van der Waals surface area (Å²) in [4.78, 5) is 31.8. The molecule has 5 rings (SSSR count). The van der Waals surface area contributed by atoms with Crippen LogP contribution in [0.2, 0.25) is 0 Å². The summed E-state index contributed by atoms with van der Waals surface area (Å²) in [7, 11) is 1.54. The van der Waals surface area contributed by atoms with Crippen molar-refractivity contribution < 1.29 is 49.3 Å². The lowest BCUT2D eigenvalue weighted by Crippen LogP contribution is -2.41. The van der Waals surface area contributed by atoms with Crippen molar-refractivity contribution in [3.8, 4) is 23.0 Å². The van der Waals surface area contributed by atoms with Crippen molar-refractivity contribution in [2.24, 2.45) is 34.6 Å². The van der Waals surface area contributed by atoms with E-state index in [1.54, 1.807) is 46.1 Å². The first kappa shape index (κ1) is 39.4. The van der Waals surface area contributed by atoms with Gasteiger partial charge >= 0.3 is 5.79 Å². The lowest BCUT2D eigenvalue weighted by Gasteiger charge is -2.37. The number of ketones is 1. The third-order valence-electron chi connectivity index (χ3n) is 10.8. The van der Waals surface area contributed by atoms with Crippen molar-refractivity contribution in [3.63, 3.8) is 0 Å². The zero-order chi connectivity index (χ0) is 38.1. The Morgan fingerprint density at radius 3 is 2.22 bits per heavy atom. The first-order valence-corrected chi connectivity index (χ1v) is 17.3. The number of Topliss-reactive ketones (excluding diaryl/α,β-unsaturated/α-hetero) is 1. The number of fused-ring (bicyclic) bond motifs is 14. The van der Waals surface area contributed by atoms with E-state index in [0.717, 1.165) is 0 Å². The maximum atomic E-state index is 14.2. The molecule has 0 aromatic heterocycles. The number of ether oxygens (including phenoxy) is 3. The van der Waals surface area contributed by atoms with Gasteiger partial charge in [0.15, 0.2) is 5.75 Å². The van der Waals surface area contributed by atoms with Crippen molar-refractivity contribution in [3.05, 3.63) is 52.8 Å². The van der Waals surface area contributed by atoms with E-state index in [1.165, 1.54) is 32.4 Å². The van der Waals surface area contributed by atoms with Crippen molar-refractivity contribution >= 4 is 34.4 Å². The highest BCUT2D eigenvalue weighted by Gasteiger charge is 2.49. The third-order valence-corrected chi connectivity index (χ3v) is 10.8. The molecule has 12 heteroatoms. The van der Waals surface area contributed by atoms with Crippen molar-refractivity contribution in [1.82, 2.24) is 0 Å². The van der Waals surface area contributed by atoms with E-state index in [0.29, 0.717) is 6.54 Å². The second-order valence-electron chi connectivity index (χ2n) is 14.0. The Morgan fingerprint density at radius 2 is 1.59 bits per heavy atom. The van der Waals surface area contributed by atoms with Crippen LogP contribution in [0.3, 0.4) is 0 Å². The number of hydrogen-bond acceptors (Lipinski definition) is 11. The highest BCUT2D eigenvalue weighted by Crippen LogP contribution is 2.55. The summed E-state index contributed by atoms with van der Waals surface area (Å²) in [6.07, 6.45) is 6.87. The van der Waals surface area contributed by atoms with Gasteiger partial charge in [0.2, 0.25) is 0 Å². The number of anilines is 1. The highest BCUT2D eigenvalue weighted by atomic mass is 16.7. The number of phenols is 3. The number of aliphatic hydroxyl groups excluding tert-OH is 2. The van der Waals surface area contributed by atoms with Gasteiger partial charge in [-0.3, -0.25) is 14.6 Å². The number of aliphatic hydroxyl groups is 2. The molecule has 5 bridgehead atoms. The van der Waals surface area contributed by atoms with Crippen molar-refractivity contribution in [2.75, 3.05) is 19.0 Å². The number of methoxy groups -OCH3 is 1. The molecule has 6 N–H and O–H groups in total. The fourth-order valence-corrected chi connectivity index (χ4v) is 6.88. The molecule has 0 radical (unpaired) electrons. The van der Waals surface area contributed by atoms with Gasteiger partial charge in [0.05, 0.1) is 46.8 Å². The van der Waals surface area contributed by atoms with Crippen LogP contribution in [0.5, 0.6) is 23.0 Å². The van der Waals surface area contributed by atoms with E-state index in [2.05, 4.69) is 10.3 Å². The molecule has 3 aliphatic heterocycles. The van der Waals surface area contributed by atoms with Gasteiger partial charge in [0.1, 0.15) is 17.2 Å². The summed E-state index contributed by atoms with van der Waals surface area (Å²) in [5.41, 5.74) is -0.125. The molecule has 0 saturated heterocycles. The third kappa shape index (κ3) is 7.22. The van der Waals surface area contributed by atoms with Crippen LogP contribution in [-0.2, 0) is 14.3 Å². The van der Waals surface area contributed by atoms with Crippen LogP contribution in [0.25, 0.3) is 10.8 Å². The number of hydrogen-bond donors (Lipinski definition) is 6. The number of rotatable bonds is 3. The topological polar surface area (TPSA) is 187 Å². The number of amides is 1. The Labute approximate surface area is 299 Å². The lowest BCUT2D eigenvalue weighted by atomic mass is 9.74. The number of aromatic hydroxyl groups is 3. The number of nitrogens with zero attached hydrogens (tertiary/aromatic N) is 1. The molecular weight excluding hydrogens is 656 g/mol.